The smallest absolute Gasteiger partial charge is 0.200 e. The molecule has 1 saturated heterocycles. The highest BCUT2D eigenvalue weighted by atomic mass is 16.7. The first-order valence-corrected chi connectivity index (χ1v) is 4.44. The summed E-state index contributed by atoms with van der Waals surface area (Å²) in [5.41, 5.74) is 1.08. The van der Waals surface area contributed by atoms with Crippen LogP contribution in [0.1, 0.15) is 17.9 Å². The zero-order chi connectivity index (χ0) is 8.84. The number of aromatic hydroxyl groups is 1. The Labute approximate surface area is 75.9 Å². The number of hydrogen-bond donors (Lipinski definition) is 1. The molecule has 0 aromatic heterocycles. The molecule has 1 N–H and O–H groups in total. The van der Waals surface area contributed by atoms with E-state index in [4.69, 9.17) is 9.47 Å². The molecule has 1 fully saturated rings. The molecule has 1 aromatic carbocycles. The topological polar surface area (TPSA) is 38.7 Å². The predicted molar refractivity (Wildman–Crippen MR) is 45.8 cm³/mol. The molecule has 13 heavy (non-hydrogen) atoms. The lowest BCUT2D eigenvalue weighted by atomic mass is 9.95. The Morgan fingerprint density at radius 3 is 3.23 bits per heavy atom. The minimum atomic E-state index is -0.0676. The third-order valence-electron chi connectivity index (χ3n) is 2.65. The van der Waals surface area contributed by atoms with Crippen LogP contribution < -0.4 is 4.74 Å². The van der Waals surface area contributed by atoms with Crippen LogP contribution in [0, 0.1) is 0 Å². The Hall–Kier alpha value is -1.22. The van der Waals surface area contributed by atoms with E-state index < -0.39 is 0 Å². The van der Waals surface area contributed by atoms with Crippen molar-refractivity contribution in [1.82, 2.24) is 0 Å². The van der Waals surface area contributed by atoms with E-state index in [9.17, 15) is 5.11 Å². The van der Waals surface area contributed by atoms with Gasteiger partial charge in [-0.3, -0.25) is 0 Å². The van der Waals surface area contributed by atoms with Gasteiger partial charge in [-0.2, -0.15) is 0 Å². The van der Waals surface area contributed by atoms with E-state index in [1.165, 1.54) is 0 Å². The van der Waals surface area contributed by atoms with Crippen molar-refractivity contribution in [1.29, 1.82) is 0 Å². The van der Waals surface area contributed by atoms with Crippen LogP contribution >= 0.6 is 0 Å². The zero-order valence-corrected chi connectivity index (χ0v) is 7.06. The summed E-state index contributed by atoms with van der Waals surface area (Å²) in [6.45, 7) is 0.709. The first kappa shape index (κ1) is 7.21. The van der Waals surface area contributed by atoms with Crippen molar-refractivity contribution >= 4 is 0 Å². The van der Waals surface area contributed by atoms with E-state index in [2.05, 4.69) is 0 Å². The molecular weight excluding hydrogens is 168 g/mol. The summed E-state index contributed by atoms with van der Waals surface area (Å²) in [6.07, 6.45) is 0.846. The normalized spacial score (nSPS) is 29.5. The molecule has 2 aliphatic rings. The molecule has 0 aliphatic carbocycles. The highest BCUT2D eigenvalue weighted by Gasteiger charge is 2.35. The molecule has 2 aliphatic heterocycles. The molecule has 68 valence electrons. The number of rotatable bonds is 0. The van der Waals surface area contributed by atoms with Crippen LogP contribution in [0.3, 0.4) is 0 Å². The quantitative estimate of drug-likeness (QED) is 0.656. The van der Waals surface area contributed by atoms with Gasteiger partial charge in [0, 0.05) is 17.9 Å². The fourth-order valence-corrected chi connectivity index (χ4v) is 1.99. The van der Waals surface area contributed by atoms with E-state index >= 15 is 0 Å². The third kappa shape index (κ3) is 1.00. The van der Waals surface area contributed by atoms with Crippen LogP contribution in [-0.2, 0) is 4.74 Å². The number of phenols is 1. The minimum absolute atomic E-state index is 0.0676. The fraction of sp³-hybridized carbons (Fsp3) is 0.400. The third-order valence-corrected chi connectivity index (χ3v) is 2.65. The molecule has 3 nitrogen and oxygen atoms in total. The van der Waals surface area contributed by atoms with E-state index in [0.717, 1.165) is 17.7 Å². The number of phenolic OH excluding ortho intramolecular Hbond substituents is 1. The Morgan fingerprint density at radius 1 is 1.38 bits per heavy atom. The van der Waals surface area contributed by atoms with Gasteiger partial charge in [-0.05, 0) is 18.2 Å². The fourth-order valence-electron chi connectivity index (χ4n) is 1.99. The van der Waals surface area contributed by atoms with Crippen LogP contribution in [0.15, 0.2) is 18.2 Å². The summed E-state index contributed by atoms with van der Waals surface area (Å²) in [5, 5.41) is 9.32. The number of hydrogen-bond acceptors (Lipinski definition) is 3. The van der Waals surface area contributed by atoms with Crippen LogP contribution in [-0.4, -0.2) is 18.0 Å². The van der Waals surface area contributed by atoms with Gasteiger partial charge in [0.25, 0.3) is 0 Å². The summed E-state index contributed by atoms with van der Waals surface area (Å²) in [4.78, 5) is 0. The Balaban J connectivity index is 2.12. The molecule has 2 unspecified atom stereocenters. The second-order valence-electron chi connectivity index (χ2n) is 3.54. The van der Waals surface area contributed by atoms with Crippen molar-refractivity contribution in [2.75, 3.05) is 6.61 Å². The highest BCUT2D eigenvalue weighted by molar-refractivity contribution is 5.43. The Kier molecular flexibility index (Phi) is 1.32. The van der Waals surface area contributed by atoms with Crippen molar-refractivity contribution in [3.8, 4) is 11.5 Å². The number of fused-ring (bicyclic) bond motifs is 4. The average molecular weight is 178 g/mol. The zero-order valence-electron chi connectivity index (χ0n) is 7.06. The van der Waals surface area contributed by atoms with Crippen molar-refractivity contribution < 1.29 is 14.6 Å². The molecular formula is C10H10O3. The molecule has 3 heteroatoms. The largest absolute Gasteiger partial charge is 0.508 e. The predicted octanol–water partition coefficient (Wildman–Crippen LogP) is 1.61. The Bertz CT molecular complexity index is 348. The van der Waals surface area contributed by atoms with Crippen molar-refractivity contribution in [2.45, 2.75) is 18.6 Å². The van der Waals surface area contributed by atoms with E-state index in [1.54, 1.807) is 18.2 Å². The van der Waals surface area contributed by atoms with Gasteiger partial charge in [0.05, 0.1) is 6.61 Å². The molecule has 0 spiro atoms. The lowest BCUT2D eigenvalue weighted by molar-refractivity contribution is -0.0380. The highest BCUT2D eigenvalue weighted by Crippen LogP contribution is 2.42. The van der Waals surface area contributed by atoms with Gasteiger partial charge in [0.15, 0.2) is 0 Å². The summed E-state index contributed by atoms with van der Waals surface area (Å²) < 4.78 is 10.9. The van der Waals surface area contributed by atoms with E-state index in [-0.39, 0.29) is 6.29 Å². The second-order valence-corrected chi connectivity index (χ2v) is 3.54. The standard InChI is InChI=1S/C10H10O3/c11-7-1-2-9-8(4-7)6-3-10(13-9)12-5-6/h1-2,4,6,10-11H,3,5H2. The SMILES string of the molecule is Oc1ccc2c(c1)C1COC(C1)O2. The Morgan fingerprint density at radius 2 is 2.31 bits per heavy atom. The van der Waals surface area contributed by atoms with Crippen molar-refractivity contribution in [2.24, 2.45) is 0 Å². The summed E-state index contributed by atoms with van der Waals surface area (Å²) in [7, 11) is 0. The lowest BCUT2D eigenvalue weighted by Crippen LogP contribution is -2.18. The molecule has 2 heterocycles. The first-order valence-electron chi connectivity index (χ1n) is 4.44. The minimum Gasteiger partial charge on any atom is -0.508 e. The number of ether oxygens (including phenoxy) is 2. The van der Waals surface area contributed by atoms with Gasteiger partial charge in [-0.25, -0.2) is 0 Å². The molecule has 0 radical (unpaired) electrons. The molecule has 0 saturated carbocycles. The van der Waals surface area contributed by atoms with Gasteiger partial charge in [0.2, 0.25) is 6.29 Å². The maximum absolute atomic E-state index is 9.32. The maximum Gasteiger partial charge on any atom is 0.200 e. The molecule has 1 aromatic rings. The van der Waals surface area contributed by atoms with Gasteiger partial charge >= 0.3 is 0 Å². The summed E-state index contributed by atoms with van der Waals surface area (Å²) in [6, 6.07) is 5.22. The maximum atomic E-state index is 9.32. The van der Waals surface area contributed by atoms with Crippen LogP contribution in [0.2, 0.25) is 0 Å². The van der Waals surface area contributed by atoms with Crippen molar-refractivity contribution in [3.63, 3.8) is 0 Å². The first-order chi connectivity index (χ1) is 6.33. The second kappa shape index (κ2) is 2.39. The monoisotopic (exact) mass is 178 g/mol. The summed E-state index contributed by atoms with van der Waals surface area (Å²) in [5.74, 6) is 1.56. The van der Waals surface area contributed by atoms with E-state index in [1.807, 2.05) is 0 Å². The van der Waals surface area contributed by atoms with E-state index in [0.29, 0.717) is 18.3 Å². The number of benzene rings is 1. The van der Waals surface area contributed by atoms with Crippen molar-refractivity contribution in [3.05, 3.63) is 23.8 Å². The molecule has 0 amide bonds. The molecule has 3 rings (SSSR count). The average Bonchev–Trinajstić information content (AvgIpc) is 2.51. The van der Waals surface area contributed by atoms with Crippen LogP contribution in [0.4, 0.5) is 0 Å². The summed E-state index contributed by atoms with van der Waals surface area (Å²) >= 11 is 0. The molecule has 2 bridgehead atoms. The van der Waals surface area contributed by atoms with Crippen LogP contribution in [0.25, 0.3) is 0 Å². The van der Waals surface area contributed by atoms with Gasteiger partial charge < -0.3 is 14.6 Å². The van der Waals surface area contributed by atoms with Crippen LogP contribution in [0.5, 0.6) is 11.5 Å². The lowest BCUT2D eigenvalue weighted by Gasteiger charge is -2.21. The van der Waals surface area contributed by atoms with Gasteiger partial charge in [0.1, 0.15) is 11.5 Å². The van der Waals surface area contributed by atoms with Gasteiger partial charge in [-0.15, -0.1) is 0 Å². The van der Waals surface area contributed by atoms with Gasteiger partial charge in [-0.1, -0.05) is 0 Å². The molecule has 2 atom stereocenters.